The van der Waals surface area contributed by atoms with Crippen molar-refractivity contribution in [3.8, 4) is 0 Å². The molecule has 3 N–H and O–H groups in total. The highest BCUT2D eigenvalue weighted by Crippen LogP contribution is 2.47. The van der Waals surface area contributed by atoms with E-state index in [9.17, 15) is 13.2 Å². The zero-order valence-electron chi connectivity index (χ0n) is 28.7. The molecule has 2 saturated heterocycles. The molecule has 2 atom stereocenters. The Bertz CT molecular complexity index is 1510. The Kier molecular flexibility index (Phi) is 11.5. The molecule has 1 amide bonds. The van der Waals surface area contributed by atoms with Crippen LogP contribution in [-0.2, 0) is 26.6 Å². The summed E-state index contributed by atoms with van der Waals surface area (Å²) in [7, 11) is -2.10. The number of nitrogens with one attached hydrogen (secondary N) is 3. The average Bonchev–Trinajstić information content (AvgIpc) is 3.05. The minimum atomic E-state index is -3.72. The summed E-state index contributed by atoms with van der Waals surface area (Å²) in [6.07, 6.45) is 7.58. The minimum Gasteiger partial charge on any atom is -0.393 e. The molecule has 3 aliphatic heterocycles. The molecular formula is C37H54N6O3S. The predicted octanol–water partition coefficient (Wildman–Crippen LogP) is 4.79. The minimum absolute atomic E-state index is 0.0223. The third kappa shape index (κ3) is 7.76. The van der Waals surface area contributed by atoms with Crippen molar-refractivity contribution in [1.29, 1.82) is 5.41 Å². The normalized spacial score (nSPS) is 22.3. The second-order valence-electron chi connectivity index (χ2n) is 13.8. The van der Waals surface area contributed by atoms with Gasteiger partial charge in [-0.25, -0.2) is 8.42 Å². The third-order valence-electron chi connectivity index (χ3n) is 10.6. The van der Waals surface area contributed by atoms with Gasteiger partial charge in [-0.2, -0.15) is 0 Å². The lowest BCUT2D eigenvalue weighted by Gasteiger charge is -2.52. The van der Waals surface area contributed by atoms with E-state index in [1.807, 2.05) is 12.1 Å². The number of hydrogen-bond acceptors (Lipinski definition) is 8. The van der Waals surface area contributed by atoms with Crippen molar-refractivity contribution in [2.45, 2.75) is 75.8 Å². The Hall–Kier alpha value is -3.21. The van der Waals surface area contributed by atoms with Gasteiger partial charge in [0.05, 0.1) is 4.90 Å². The number of carbonyl (C=O) groups excluding carboxylic acids is 1. The van der Waals surface area contributed by atoms with Crippen LogP contribution in [0.4, 0.5) is 5.69 Å². The number of rotatable bonds is 14. The van der Waals surface area contributed by atoms with Crippen molar-refractivity contribution in [3.05, 3.63) is 70.8 Å². The Balaban J connectivity index is 1.22. The predicted molar refractivity (Wildman–Crippen MR) is 191 cm³/mol. The summed E-state index contributed by atoms with van der Waals surface area (Å²) in [5.41, 5.74) is 4.02. The van der Waals surface area contributed by atoms with Gasteiger partial charge in [0, 0.05) is 82.2 Å². The maximum Gasteiger partial charge on any atom is 0.217 e. The van der Waals surface area contributed by atoms with Gasteiger partial charge in [0.2, 0.25) is 15.7 Å². The number of likely N-dealkylation sites (N-methyl/N-ethyl adjacent to an activating group) is 1. The quantitative estimate of drug-likeness (QED) is 0.250. The van der Waals surface area contributed by atoms with Crippen LogP contribution in [-0.4, -0.2) is 89.2 Å². The summed E-state index contributed by atoms with van der Waals surface area (Å²) < 4.78 is 25.7. The van der Waals surface area contributed by atoms with Gasteiger partial charge in [-0.15, -0.1) is 0 Å². The summed E-state index contributed by atoms with van der Waals surface area (Å²) >= 11 is 0. The molecule has 2 aromatic carbocycles. The van der Waals surface area contributed by atoms with E-state index >= 15 is 0 Å². The molecule has 0 bridgehead atoms. The standard InChI is InChI=1S/C37H54N6O3S/c1-5-9-32(40-28(3)44)20-37(27-41(6-2)26-30-10-7-8-11-36(30)37)31-16-18-42(19-17-31)23-29-24-43(25-29)33-12-14-34(15-13-33)47(45,46)35(21-38)22-39-4/h7-8,10-15,21-22,29,31-32,38-39H,5-6,9,16-20,23-27H2,1-4H3,(H,40,44)/b35-22+,38-21?/t32-,37?/m0/s1. The first kappa shape index (κ1) is 35.1. The van der Waals surface area contributed by atoms with Crippen molar-refractivity contribution in [1.82, 2.24) is 20.4 Å². The molecule has 0 spiro atoms. The fourth-order valence-corrected chi connectivity index (χ4v) is 9.57. The zero-order valence-corrected chi connectivity index (χ0v) is 29.5. The summed E-state index contributed by atoms with van der Waals surface area (Å²) in [5, 5.41) is 13.5. The van der Waals surface area contributed by atoms with Crippen LogP contribution in [0.2, 0.25) is 0 Å². The van der Waals surface area contributed by atoms with Gasteiger partial charge in [-0.1, -0.05) is 44.5 Å². The van der Waals surface area contributed by atoms with Gasteiger partial charge in [-0.3, -0.25) is 9.69 Å². The number of allylic oxidation sites excluding steroid dienone is 1. The molecule has 0 radical (unpaired) electrons. The molecule has 0 aliphatic carbocycles. The summed E-state index contributed by atoms with van der Waals surface area (Å²) in [4.78, 5) is 20.0. The molecule has 2 fully saturated rings. The van der Waals surface area contributed by atoms with Gasteiger partial charge >= 0.3 is 0 Å². The fourth-order valence-electron chi connectivity index (χ4n) is 8.38. The molecular weight excluding hydrogens is 609 g/mol. The number of anilines is 1. The Morgan fingerprint density at radius 2 is 1.77 bits per heavy atom. The van der Waals surface area contributed by atoms with Crippen LogP contribution in [0.3, 0.4) is 0 Å². The largest absolute Gasteiger partial charge is 0.393 e. The van der Waals surface area contributed by atoms with Crippen molar-refractivity contribution in [2.24, 2.45) is 11.8 Å². The highest BCUT2D eigenvalue weighted by molar-refractivity contribution is 7.96. The number of likely N-dealkylation sites (tertiary alicyclic amines) is 1. The molecule has 5 rings (SSSR count). The molecule has 3 heterocycles. The molecule has 1 unspecified atom stereocenters. The van der Waals surface area contributed by atoms with Gasteiger partial charge < -0.3 is 25.8 Å². The number of sulfone groups is 1. The fraction of sp³-hybridized carbons (Fsp3) is 0.568. The number of carbonyl (C=O) groups is 1. The molecule has 256 valence electrons. The number of amides is 1. The SMILES string of the molecule is CCC[C@@H](CC1(C2CCN(CC3CN(c4ccc(S(=O)(=O)/C(C=N)=C/NC)cc4)C3)CC2)CN(CC)Cc2ccccc21)NC(C)=O. The van der Waals surface area contributed by atoms with Crippen LogP contribution in [0.15, 0.2) is 64.5 Å². The van der Waals surface area contributed by atoms with Crippen LogP contribution in [0, 0.1) is 17.2 Å². The van der Waals surface area contributed by atoms with Gasteiger partial charge in [0.25, 0.3) is 0 Å². The van der Waals surface area contributed by atoms with Crippen LogP contribution < -0.4 is 15.5 Å². The maximum atomic E-state index is 12.9. The Morgan fingerprint density at radius 1 is 1.06 bits per heavy atom. The van der Waals surface area contributed by atoms with E-state index in [1.165, 1.54) is 17.3 Å². The molecule has 47 heavy (non-hydrogen) atoms. The topological polar surface area (TPSA) is 109 Å². The van der Waals surface area contributed by atoms with E-state index in [2.05, 4.69) is 63.4 Å². The highest BCUT2D eigenvalue weighted by atomic mass is 32.2. The van der Waals surface area contributed by atoms with Crippen molar-refractivity contribution >= 4 is 27.6 Å². The molecule has 0 aromatic heterocycles. The van der Waals surface area contributed by atoms with Crippen LogP contribution in [0.1, 0.15) is 64.0 Å². The lowest BCUT2D eigenvalue weighted by Crippen LogP contribution is -2.56. The monoisotopic (exact) mass is 662 g/mol. The van der Waals surface area contributed by atoms with Crippen molar-refractivity contribution < 1.29 is 13.2 Å². The zero-order chi connectivity index (χ0) is 33.6. The van der Waals surface area contributed by atoms with E-state index in [-0.39, 0.29) is 27.2 Å². The number of benzene rings is 2. The second-order valence-corrected chi connectivity index (χ2v) is 15.8. The van der Waals surface area contributed by atoms with E-state index < -0.39 is 9.84 Å². The highest BCUT2D eigenvalue weighted by Gasteiger charge is 2.47. The van der Waals surface area contributed by atoms with Crippen LogP contribution in [0.5, 0.6) is 0 Å². The van der Waals surface area contributed by atoms with E-state index in [0.717, 1.165) is 96.4 Å². The number of fused-ring (bicyclic) bond motifs is 1. The van der Waals surface area contributed by atoms with E-state index in [0.29, 0.717) is 11.8 Å². The number of piperidine rings is 1. The summed E-state index contributed by atoms with van der Waals surface area (Å²) in [6.45, 7) is 14.4. The Morgan fingerprint density at radius 3 is 2.38 bits per heavy atom. The number of hydrogen-bond donors (Lipinski definition) is 3. The van der Waals surface area contributed by atoms with Crippen LogP contribution >= 0.6 is 0 Å². The molecule has 3 aliphatic rings. The summed E-state index contributed by atoms with van der Waals surface area (Å²) in [5.74, 6) is 1.22. The molecule has 10 heteroatoms. The molecule has 2 aromatic rings. The average molecular weight is 663 g/mol. The first-order valence-electron chi connectivity index (χ1n) is 17.4. The smallest absolute Gasteiger partial charge is 0.217 e. The maximum absolute atomic E-state index is 12.9. The third-order valence-corrected chi connectivity index (χ3v) is 12.4. The van der Waals surface area contributed by atoms with Gasteiger partial charge in [0.15, 0.2) is 0 Å². The second kappa shape index (κ2) is 15.3. The van der Waals surface area contributed by atoms with E-state index in [4.69, 9.17) is 5.41 Å². The lowest BCUT2D eigenvalue weighted by molar-refractivity contribution is -0.120. The first-order valence-corrected chi connectivity index (χ1v) is 18.9. The van der Waals surface area contributed by atoms with Gasteiger partial charge in [0.1, 0.15) is 4.91 Å². The Labute approximate surface area is 282 Å². The lowest BCUT2D eigenvalue weighted by atomic mass is 9.60. The van der Waals surface area contributed by atoms with Crippen LogP contribution in [0.25, 0.3) is 0 Å². The van der Waals surface area contributed by atoms with Gasteiger partial charge in [-0.05, 0) is 86.6 Å². The van der Waals surface area contributed by atoms with E-state index in [1.54, 1.807) is 26.1 Å². The molecule has 9 nitrogen and oxygen atoms in total. The van der Waals surface area contributed by atoms with Crippen molar-refractivity contribution in [2.75, 3.05) is 57.8 Å². The summed E-state index contributed by atoms with van der Waals surface area (Å²) in [6, 6.07) is 16.3. The van der Waals surface area contributed by atoms with Crippen molar-refractivity contribution in [3.63, 3.8) is 0 Å². The molecule has 0 saturated carbocycles. The first-order chi connectivity index (χ1) is 22.6. The number of nitrogens with zero attached hydrogens (tertiary/aromatic N) is 3.